The van der Waals surface area contributed by atoms with Crippen LogP contribution in [0, 0.1) is 0 Å². The van der Waals surface area contributed by atoms with Crippen molar-refractivity contribution in [2.75, 3.05) is 6.61 Å². The van der Waals surface area contributed by atoms with E-state index in [1.165, 1.54) is 32.1 Å². The van der Waals surface area contributed by atoms with Crippen LogP contribution in [0.1, 0.15) is 51.9 Å². The second kappa shape index (κ2) is 14.3. The normalized spacial score (nSPS) is 12.2. The van der Waals surface area contributed by atoms with E-state index in [1.54, 1.807) is 0 Å². The van der Waals surface area contributed by atoms with Gasteiger partial charge in [0.15, 0.2) is 0 Å². The smallest absolute Gasteiger partial charge is 0.786 e. The molecule has 0 saturated carbocycles. The first-order chi connectivity index (χ1) is 6.27. The topological polar surface area (TPSA) is 52.5 Å². The molecule has 0 saturated heterocycles. The molecule has 0 radical (unpaired) electrons. The molecule has 0 spiro atoms. The summed E-state index contributed by atoms with van der Waals surface area (Å²) in [4.78, 5) is 18.4. The average Bonchev–Trinajstić information content (AvgIpc) is 2.09. The van der Waals surface area contributed by atoms with E-state index in [-0.39, 0.29) is 29.6 Å². The Morgan fingerprint density at radius 3 is 2.07 bits per heavy atom. The van der Waals surface area contributed by atoms with Gasteiger partial charge in [0.2, 0.25) is 0 Å². The van der Waals surface area contributed by atoms with Gasteiger partial charge in [-0.15, -0.1) is 0 Å². The van der Waals surface area contributed by atoms with Crippen LogP contribution in [0.4, 0.5) is 0 Å². The molecule has 80 valence electrons. The van der Waals surface area contributed by atoms with Gasteiger partial charge in [-0.05, 0) is 6.42 Å². The molecule has 0 aliphatic rings. The van der Waals surface area contributed by atoms with Crippen LogP contribution in [0.5, 0.6) is 0 Å². The second-order valence-electron chi connectivity index (χ2n) is 3.19. The monoisotopic (exact) mass is 230 g/mol. The summed E-state index contributed by atoms with van der Waals surface area (Å²) in [5, 5.41) is 0. The fourth-order valence-corrected chi connectivity index (χ4v) is 1.49. The molecule has 5 heteroatoms. The summed E-state index contributed by atoms with van der Waals surface area (Å²) < 4.78 is 4.53. The molecule has 0 aromatic heterocycles. The van der Waals surface area contributed by atoms with Crippen LogP contribution in [0.3, 0.4) is 0 Å². The zero-order valence-electron chi connectivity index (χ0n) is 9.37. The first-order valence-corrected chi connectivity index (χ1v) is 6.19. The Labute approximate surface area is 111 Å². The van der Waals surface area contributed by atoms with Gasteiger partial charge in [0, 0.05) is 0 Å². The summed E-state index contributed by atoms with van der Waals surface area (Å²) in [5.41, 5.74) is 0. The third kappa shape index (κ3) is 15.8. The zero-order valence-corrected chi connectivity index (χ0v) is 12.3. The first kappa shape index (κ1) is 17.7. The average molecular weight is 230 g/mol. The van der Waals surface area contributed by atoms with Gasteiger partial charge < -0.3 is 14.3 Å². The number of hydrogen-bond acceptors (Lipinski definition) is 3. The molecule has 0 fully saturated rings. The van der Waals surface area contributed by atoms with Crippen molar-refractivity contribution in [1.82, 2.24) is 0 Å². The fourth-order valence-electron chi connectivity index (χ4n) is 1.20. The van der Waals surface area contributed by atoms with Crippen LogP contribution >= 0.6 is 8.60 Å². The van der Waals surface area contributed by atoms with E-state index < -0.39 is 8.60 Å². The van der Waals surface area contributed by atoms with E-state index >= 15 is 0 Å². The van der Waals surface area contributed by atoms with Crippen molar-refractivity contribution in [3.63, 3.8) is 0 Å². The van der Waals surface area contributed by atoms with Gasteiger partial charge in [-0.1, -0.05) is 45.4 Å². The van der Waals surface area contributed by atoms with Gasteiger partial charge in [-0.25, -0.2) is 0 Å². The van der Waals surface area contributed by atoms with E-state index in [2.05, 4.69) is 11.4 Å². The molecule has 0 aliphatic heterocycles. The quantitative estimate of drug-likeness (QED) is 0.325. The van der Waals surface area contributed by atoms with Crippen molar-refractivity contribution < 1.29 is 43.9 Å². The minimum Gasteiger partial charge on any atom is -0.786 e. The van der Waals surface area contributed by atoms with Crippen molar-refractivity contribution in [2.24, 2.45) is 0 Å². The van der Waals surface area contributed by atoms with Crippen molar-refractivity contribution in [2.45, 2.75) is 51.9 Å². The van der Waals surface area contributed by atoms with E-state index in [0.717, 1.165) is 12.8 Å². The SMILES string of the molecule is CCCCCCCCCOP([O-])O.[Na+]. The number of hydrogen-bond donors (Lipinski definition) is 1. The Balaban J connectivity index is 0. The van der Waals surface area contributed by atoms with Gasteiger partial charge in [0.1, 0.15) is 0 Å². The van der Waals surface area contributed by atoms with Gasteiger partial charge in [-0.3, -0.25) is 0 Å². The molecule has 3 nitrogen and oxygen atoms in total. The predicted molar refractivity (Wildman–Crippen MR) is 53.1 cm³/mol. The van der Waals surface area contributed by atoms with E-state index in [0.29, 0.717) is 6.61 Å². The van der Waals surface area contributed by atoms with E-state index in [1.807, 2.05) is 0 Å². The molecule has 1 unspecified atom stereocenters. The summed E-state index contributed by atoms with van der Waals surface area (Å²) >= 11 is 0. The Hall–Kier alpha value is 1.31. The van der Waals surface area contributed by atoms with E-state index in [4.69, 9.17) is 4.89 Å². The van der Waals surface area contributed by atoms with Gasteiger partial charge in [0.05, 0.1) is 15.2 Å². The minimum atomic E-state index is -2.38. The largest absolute Gasteiger partial charge is 1.00 e. The van der Waals surface area contributed by atoms with Gasteiger partial charge in [-0.2, -0.15) is 0 Å². The molecule has 1 N–H and O–H groups in total. The van der Waals surface area contributed by atoms with Crippen LogP contribution in [0.2, 0.25) is 0 Å². The molecule has 0 aromatic carbocycles. The van der Waals surface area contributed by atoms with Crippen LogP contribution in [-0.4, -0.2) is 11.5 Å². The Kier molecular flexibility index (Phi) is 18.1. The molecular weight excluding hydrogens is 210 g/mol. The second-order valence-corrected chi connectivity index (χ2v) is 3.93. The van der Waals surface area contributed by atoms with Crippen molar-refractivity contribution in [3.05, 3.63) is 0 Å². The summed E-state index contributed by atoms with van der Waals surface area (Å²) in [5.74, 6) is 0. The predicted octanol–water partition coefficient (Wildman–Crippen LogP) is -0.663. The Morgan fingerprint density at radius 2 is 1.57 bits per heavy atom. The number of rotatable bonds is 9. The Morgan fingerprint density at radius 1 is 1.07 bits per heavy atom. The molecule has 0 bridgehead atoms. The molecule has 0 amide bonds. The maximum absolute atomic E-state index is 10.1. The van der Waals surface area contributed by atoms with Gasteiger partial charge >= 0.3 is 29.6 Å². The van der Waals surface area contributed by atoms with Crippen LogP contribution in [0.25, 0.3) is 0 Å². The molecule has 0 aliphatic carbocycles. The van der Waals surface area contributed by atoms with Crippen molar-refractivity contribution in [3.8, 4) is 0 Å². The summed E-state index contributed by atoms with van der Waals surface area (Å²) in [7, 11) is -2.38. The third-order valence-corrected chi connectivity index (χ3v) is 2.35. The maximum Gasteiger partial charge on any atom is 1.00 e. The molecular formula is C9H20NaO3P. The zero-order chi connectivity index (χ0) is 9.94. The summed E-state index contributed by atoms with van der Waals surface area (Å²) in [6.07, 6.45) is 8.39. The maximum atomic E-state index is 10.1. The van der Waals surface area contributed by atoms with Crippen molar-refractivity contribution in [1.29, 1.82) is 0 Å². The van der Waals surface area contributed by atoms with Crippen LogP contribution in [-0.2, 0) is 4.52 Å². The minimum absolute atomic E-state index is 0. The standard InChI is InChI=1S/C9H20O3P.Na/c1-2-3-4-5-6-7-8-9-12-13(10)11;/h10H,2-9H2,1H3;/q-1;+1. The Bertz CT molecular complexity index is 104. The van der Waals surface area contributed by atoms with Crippen molar-refractivity contribution >= 4 is 8.60 Å². The fraction of sp³-hybridized carbons (Fsp3) is 1.00. The molecule has 0 heterocycles. The third-order valence-electron chi connectivity index (χ3n) is 1.95. The molecule has 14 heavy (non-hydrogen) atoms. The summed E-state index contributed by atoms with van der Waals surface area (Å²) in [6, 6.07) is 0. The molecule has 0 aromatic rings. The molecule has 1 atom stereocenters. The van der Waals surface area contributed by atoms with Gasteiger partial charge in [0.25, 0.3) is 0 Å². The van der Waals surface area contributed by atoms with E-state index in [9.17, 15) is 4.89 Å². The molecule has 0 rings (SSSR count). The first-order valence-electron chi connectivity index (χ1n) is 5.06. The van der Waals surface area contributed by atoms with Crippen LogP contribution < -0.4 is 34.5 Å². The van der Waals surface area contributed by atoms with Crippen LogP contribution in [0.15, 0.2) is 0 Å². The summed E-state index contributed by atoms with van der Waals surface area (Å²) in [6.45, 7) is 2.62. The number of unbranched alkanes of at least 4 members (excludes halogenated alkanes) is 6.